The van der Waals surface area contributed by atoms with Crippen molar-refractivity contribution in [2.24, 2.45) is 0 Å². The van der Waals surface area contributed by atoms with Crippen molar-refractivity contribution in [3.05, 3.63) is 42.1 Å². The minimum atomic E-state index is -0.925. The fourth-order valence-corrected chi connectivity index (χ4v) is 2.74. The van der Waals surface area contributed by atoms with Gasteiger partial charge in [0.1, 0.15) is 0 Å². The lowest BCUT2D eigenvalue weighted by atomic mass is 10.1. The quantitative estimate of drug-likeness (QED) is 0.762. The number of aromatic amines is 1. The second kappa shape index (κ2) is 6.78. The number of thioether (sulfide) groups is 1. The molecule has 0 aliphatic heterocycles. The molecule has 1 aromatic heterocycles. The molecule has 0 radical (unpaired) electrons. The first-order valence-corrected chi connectivity index (χ1v) is 8.01. The van der Waals surface area contributed by atoms with Gasteiger partial charge in [0, 0.05) is 17.9 Å². The zero-order valence-corrected chi connectivity index (χ0v) is 12.9. The summed E-state index contributed by atoms with van der Waals surface area (Å²) in [6.45, 7) is 1.91. The smallest absolute Gasteiger partial charge is 0.255 e. The van der Waals surface area contributed by atoms with Gasteiger partial charge in [0.2, 0.25) is 0 Å². The Balaban J connectivity index is 2.10. The summed E-state index contributed by atoms with van der Waals surface area (Å²) in [5.41, 5.74) is 1.13. The maximum Gasteiger partial charge on any atom is 0.255 e. The number of aromatic nitrogens is 2. The van der Waals surface area contributed by atoms with Gasteiger partial charge in [-0.25, -0.2) is 0 Å². The Hall–Kier alpha value is -1.79. The van der Waals surface area contributed by atoms with Crippen molar-refractivity contribution in [2.75, 3.05) is 18.6 Å². The van der Waals surface area contributed by atoms with Crippen molar-refractivity contribution in [2.45, 2.75) is 12.5 Å². The van der Waals surface area contributed by atoms with Crippen LogP contribution in [0, 0.1) is 0 Å². The van der Waals surface area contributed by atoms with Crippen LogP contribution in [0.15, 0.2) is 36.5 Å². The molecule has 6 heteroatoms. The van der Waals surface area contributed by atoms with Crippen LogP contribution in [0.5, 0.6) is 0 Å². The van der Waals surface area contributed by atoms with Crippen LogP contribution in [0.2, 0.25) is 0 Å². The summed E-state index contributed by atoms with van der Waals surface area (Å²) in [5, 5.41) is 19.6. The number of nitrogens with one attached hydrogen (secondary N) is 2. The largest absolute Gasteiger partial charge is 0.387 e. The van der Waals surface area contributed by atoms with E-state index >= 15 is 0 Å². The average Bonchev–Trinajstić information content (AvgIpc) is 2.95. The highest BCUT2D eigenvalue weighted by atomic mass is 32.2. The molecule has 0 aliphatic carbocycles. The Morgan fingerprint density at radius 2 is 2.14 bits per heavy atom. The van der Waals surface area contributed by atoms with E-state index in [0.717, 1.165) is 5.56 Å². The Morgan fingerprint density at radius 1 is 1.43 bits per heavy atom. The van der Waals surface area contributed by atoms with E-state index in [1.807, 2.05) is 36.6 Å². The van der Waals surface area contributed by atoms with Crippen LogP contribution in [0.3, 0.4) is 0 Å². The summed E-state index contributed by atoms with van der Waals surface area (Å²) in [4.78, 5) is 12.3. The summed E-state index contributed by atoms with van der Waals surface area (Å²) in [6.07, 6.45) is 3.42. The molecule has 2 aromatic rings. The van der Waals surface area contributed by atoms with E-state index in [4.69, 9.17) is 0 Å². The second-order valence-electron chi connectivity index (χ2n) is 5.14. The van der Waals surface area contributed by atoms with Gasteiger partial charge in [-0.15, -0.1) is 0 Å². The first-order valence-electron chi connectivity index (χ1n) is 6.62. The topological polar surface area (TPSA) is 78.0 Å². The Labute approximate surface area is 128 Å². The van der Waals surface area contributed by atoms with Gasteiger partial charge >= 0.3 is 0 Å². The van der Waals surface area contributed by atoms with Gasteiger partial charge in [-0.2, -0.15) is 16.9 Å². The molecule has 1 heterocycles. The number of carbonyl (C=O) groups excluding carboxylic acids is 1. The third-order valence-electron chi connectivity index (χ3n) is 3.03. The number of rotatable bonds is 6. The standard InChI is InChI=1S/C15H19N3O2S/c1-15(20,10-21-2)9-16-14(19)12-8-17-18-13(12)11-6-4-3-5-7-11/h3-8,20H,9-10H2,1-2H3,(H,16,19)(H,17,18). The highest BCUT2D eigenvalue weighted by Gasteiger charge is 2.22. The monoisotopic (exact) mass is 305 g/mol. The molecule has 0 aliphatic rings. The summed E-state index contributed by atoms with van der Waals surface area (Å²) in [7, 11) is 0. The number of H-pyrrole nitrogens is 1. The van der Waals surface area contributed by atoms with Crippen LogP contribution in [0.4, 0.5) is 0 Å². The van der Waals surface area contributed by atoms with Gasteiger partial charge < -0.3 is 10.4 Å². The molecule has 0 saturated heterocycles. The molecule has 112 valence electrons. The van der Waals surface area contributed by atoms with Crippen LogP contribution in [0.1, 0.15) is 17.3 Å². The Kier molecular flexibility index (Phi) is 5.03. The Morgan fingerprint density at radius 3 is 2.81 bits per heavy atom. The minimum absolute atomic E-state index is 0.200. The molecule has 0 bridgehead atoms. The van der Waals surface area contributed by atoms with E-state index in [9.17, 15) is 9.90 Å². The fraction of sp³-hybridized carbons (Fsp3) is 0.333. The first kappa shape index (κ1) is 15.6. The Bertz CT molecular complexity index is 596. The van der Waals surface area contributed by atoms with Crippen molar-refractivity contribution in [3.63, 3.8) is 0 Å². The van der Waals surface area contributed by atoms with E-state index in [1.54, 1.807) is 6.92 Å². The van der Waals surface area contributed by atoms with E-state index < -0.39 is 5.60 Å². The van der Waals surface area contributed by atoms with Crippen LogP contribution in [-0.2, 0) is 0 Å². The predicted molar refractivity (Wildman–Crippen MR) is 85.4 cm³/mol. The molecule has 21 heavy (non-hydrogen) atoms. The van der Waals surface area contributed by atoms with E-state index in [0.29, 0.717) is 17.0 Å². The van der Waals surface area contributed by atoms with Gasteiger partial charge in [-0.1, -0.05) is 30.3 Å². The highest BCUT2D eigenvalue weighted by Crippen LogP contribution is 2.20. The molecule has 0 saturated carbocycles. The lowest BCUT2D eigenvalue weighted by molar-refractivity contribution is 0.0725. The number of nitrogens with zero attached hydrogens (tertiary/aromatic N) is 1. The molecular weight excluding hydrogens is 286 g/mol. The lowest BCUT2D eigenvalue weighted by Gasteiger charge is -2.22. The van der Waals surface area contributed by atoms with Crippen molar-refractivity contribution in [1.29, 1.82) is 0 Å². The lowest BCUT2D eigenvalue weighted by Crippen LogP contribution is -2.42. The number of benzene rings is 1. The van der Waals surface area contributed by atoms with Gasteiger partial charge in [0.05, 0.1) is 23.1 Å². The van der Waals surface area contributed by atoms with Crippen LogP contribution in [0.25, 0.3) is 11.3 Å². The number of amides is 1. The highest BCUT2D eigenvalue weighted by molar-refractivity contribution is 7.98. The molecule has 1 aromatic carbocycles. The fourth-order valence-electron chi connectivity index (χ4n) is 2.01. The number of hydrogen-bond donors (Lipinski definition) is 3. The van der Waals surface area contributed by atoms with Crippen LogP contribution >= 0.6 is 11.8 Å². The van der Waals surface area contributed by atoms with Gasteiger partial charge in [0.15, 0.2) is 0 Å². The summed E-state index contributed by atoms with van der Waals surface area (Å²) in [6, 6.07) is 9.55. The zero-order chi connectivity index (χ0) is 15.3. The van der Waals surface area contributed by atoms with Crippen molar-refractivity contribution in [1.82, 2.24) is 15.5 Å². The third-order valence-corrected chi connectivity index (χ3v) is 3.94. The first-order chi connectivity index (χ1) is 10.0. The summed E-state index contributed by atoms with van der Waals surface area (Å²) in [5.74, 6) is 0.313. The SMILES string of the molecule is CSCC(C)(O)CNC(=O)c1cn[nH]c1-c1ccccc1. The van der Waals surface area contributed by atoms with Gasteiger partial charge in [0.25, 0.3) is 5.91 Å². The minimum Gasteiger partial charge on any atom is -0.387 e. The molecule has 3 N–H and O–H groups in total. The van der Waals surface area contributed by atoms with E-state index in [1.165, 1.54) is 18.0 Å². The molecule has 1 atom stereocenters. The number of hydrogen-bond acceptors (Lipinski definition) is 4. The molecule has 2 rings (SSSR count). The van der Waals surface area contributed by atoms with E-state index in [2.05, 4.69) is 15.5 Å². The van der Waals surface area contributed by atoms with Crippen LogP contribution in [-0.4, -0.2) is 45.4 Å². The zero-order valence-electron chi connectivity index (χ0n) is 12.1. The van der Waals surface area contributed by atoms with Crippen LogP contribution < -0.4 is 5.32 Å². The molecular formula is C15H19N3O2S. The number of aliphatic hydroxyl groups is 1. The van der Waals surface area contributed by atoms with E-state index in [-0.39, 0.29) is 12.5 Å². The molecule has 1 unspecified atom stereocenters. The maximum atomic E-state index is 12.3. The molecule has 0 fully saturated rings. The van der Waals surface area contributed by atoms with Crippen molar-refractivity contribution in [3.8, 4) is 11.3 Å². The van der Waals surface area contributed by atoms with Crippen molar-refractivity contribution >= 4 is 17.7 Å². The van der Waals surface area contributed by atoms with Gasteiger partial charge in [-0.3, -0.25) is 9.89 Å². The molecule has 5 nitrogen and oxygen atoms in total. The predicted octanol–water partition coefficient (Wildman–Crippen LogP) is 1.92. The summed E-state index contributed by atoms with van der Waals surface area (Å²) < 4.78 is 0. The average molecular weight is 305 g/mol. The molecule has 1 amide bonds. The normalized spacial score (nSPS) is 13.7. The second-order valence-corrected chi connectivity index (χ2v) is 6.00. The molecule has 0 spiro atoms. The van der Waals surface area contributed by atoms with Gasteiger partial charge in [-0.05, 0) is 13.2 Å². The number of carbonyl (C=O) groups is 1. The third kappa shape index (κ3) is 4.09. The maximum absolute atomic E-state index is 12.3. The summed E-state index contributed by atoms with van der Waals surface area (Å²) >= 11 is 1.54. The van der Waals surface area contributed by atoms with Crippen molar-refractivity contribution < 1.29 is 9.90 Å².